The van der Waals surface area contributed by atoms with E-state index in [1.54, 1.807) is 13.0 Å². The number of anilines is 1. The summed E-state index contributed by atoms with van der Waals surface area (Å²) in [4.78, 5) is 33.6. The highest BCUT2D eigenvalue weighted by molar-refractivity contribution is 6.31. The number of ether oxygens (including phenoxy) is 1. The van der Waals surface area contributed by atoms with Crippen LogP contribution in [0.5, 0.6) is 0 Å². The van der Waals surface area contributed by atoms with Crippen LogP contribution in [-0.2, 0) is 16.1 Å². The molecule has 4 rings (SSSR count). The Balaban J connectivity index is 1.43. The molecule has 0 aliphatic carbocycles. The number of halogens is 2. The molecule has 0 radical (unpaired) electrons. The highest BCUT2D eigenvalue weighted by Crippen LogP contribution is 2.28. The third-order valence-corrected chi connectivity index (χ3v) is 6.83. The third-order valence-electron chi connectivity index (χ3n) is 6.61. The fourth-order valence-electron chi connectivity index (χ4n) is 4.56. The summed E-state index contributed by atoms with van der Waals surface area (Å²) in [5.74, 6) is -0.879. The minimum atomic E-state index is -0.526. The first kappa shape index (κ1) is 24.6. The minimum absolute atomic E-state index is 0.0769. The second-order valence-electron chi connectivity index (χ2n) is 9.10. The molecule has 34 heavy (non-hydrogen) atoms. The van der Waals surface area contributed by atoms with Crippen molar-refractivity contribution in [1.82, 2.24) is 14.8 Å². The second-order valence-corrected chi connectivity index (χ2v) is 9.54. The molecular weight excluding hydrogens is 459 g/mol. The van der Waals surface area contributed by atoms with Gasteiger partial charge in [-0.1, -0.05) is 11.6 Å². The topological polar surface area (TPSA) is 74.8 Å². The van der Waals surface area contributed by atoms with Crippen LogP contribution in [0.4, 0.5) is 10.1 Å². The summed E-state index contributed by atoms with van der Waals surface area (Å²) in [6.07, 6.45) is 2.79. The molecule has 2 fully saturated rings. The number of hydrogen-bond acceptors (Lipinski definition) is 5. The first-order valence-corrected chi connectivity index (χ1v) is 12.0. The lowest BCUT2D eigenvalue weighted by Gasteiger charge is -2.41. The van der Waals surface area contributed by atoms with E-state index in [0.717, 1.165) is 37.1 Å². The van der Waals surface area contributed by atoms with Crippen molar-refractivity contribution in [3.8, 4) is 0 Å². The Hall–Kier alpha value is -2.55. The molecule has 0 spiro atoms. The number of pyridine rings is 1. The Morgan fingerprint density at radius 1 is 1.26 bits per heavy atom. The quantitative estimate of drug-likeness (QED) is 0.689. The summed E-state index contributed by atoms with van der Waals surface area (Å²) < 4.78 is 19.4. The van der Waals surface area contributed by atoms with Gasteiger partial charge in [0.05, 0.1) is 11.3 Å². The number of hydrogen-bond donors (Lipinski definition) is 1. The SMILES string of the molecule is Cc1ncc(C(=O)Nc2cc(Cl)cc(CN3CCN(C(=O)C4CCCO4)[C@@H](C)C3)c2C)cc1F. The molecular formula is C25H30ClFN4O3. The molecule has 2 atom stereocenters. The van der Waals surface area contributed by atoms with Crippen molar-refractivity contribution < 1.29 is 18.7 Å². The van der Waals surface area contributed by atoms with Gasteiger partial charge < -0.3 is 15.0 Å². The molecule has 2 aliphatic rings. The molecule has 1 N–H and O–H groups in total. The highest BCUT2D eigenvalue weighted by atomic mass is 35.5. The second kappa shape index (κ2) is 10.4. The Morgan fingerprint density at radius 3 is 2.74 bits per heavy atom. The van der Waals surface area contributed by atoms with Gasteiger partial charge in [0.1, 0.15) is 11.9 Å². The maximum Gasteiger partial charge on any atom is 0.257 e. The first-order chi connectivity index (χ1) is 16.2. The fourth-order valence-corrected chi connectivity index (χ4v) is 4.80. The van der Waals surface area contributed by atoms with Crippen LogP contribution >= 0.6 is 11.6 Å². The van der Waals surface area contributed by atoms with Gasteiger partial charge in [0.25, 0.3) is 11.8 Å². The number of aryl methyl sites for hydroxylation is 1. The summed E-state index contributed by atoms with van der Waals surface area (Å²) in [5, 5.41) is 3.34. The number of rotatable bonds is 5. The zero-order chi connectivity index (χ0) is 24.4. The summed E-state index contributed by atoms with van der Waals surface area (Å²) in [6.45, 7) is 8.96. The van der Waals surface area contributed by atoms with E-state index in [4.69, 9.17) is 16.3 Å². The molecule has 2 saturated heterocycles. The summed E-state index contributed by atoms with van der Waals surface area (Å²) in [5.41, 5.74) is 2.84. The molecule has 1 unspecified atom stereocenters. The number of nitrogens with zero attached hydrogens (tertiary/aromatic N) is 3. The number of nitrogens with one attached hydrogen (secondary N) is 1. The molecule has 9 heteroatoms. The number of carbonyl (C=O) groups is 2. The normalized spacial score (nSPS) is 21.0. The van der Waals surface area contributed by atoms with Crippen LogP contribution in [0.3, 0.4) is 0 Å². The van der Waals surface area contributed by atoms with E-state index >= 15 is 0 Å². The van der Waals surface area contributed by atoms with E-state index < -0.39 is 11.7 Å². The van der Waals surface area contributed by atoms with Crippen LogP contribution in [0.15, 0.2) is 24.4 Å². The van der Waals surface area contributed by atoms with Crippen molar-refractivity contribution in [2.75, 3.05) is 31.6 Å². The molecule has 182 valence electrons. The van der Waals surface area contributed by atoms with Crippen molar-refractivity contribution in [1.29, 1.82) is 0 Å². The van der Waals surface area contributed by atoms with Crippen molar-refractivity contribution >= 4 is 29.1 Å². The highest BCUT2D eigenvalue weighted by Gasteiger charge is 2.34. The number of carbonyl (C=O) groups excluding carboxylic acids is 2. The molecule has 1 aromatic carbocycles. The van der Waals surface area contributed by atoms with Crippen molar-refractivity contribution in [3.63, 3.8) is 0 Å². The Morgan fingerprint density at radius 2 is 2.06 bits per heavy atom. The number of piperazine rings is 1. The van der Waals surface area contributed by atoms with Gasteiger partial charge in [-0.05, 0) is 62.9 Å². The van der Waals surface area contributed by atoms with Gasteiger partial charge in [0, 0.05) is 55.7 Å². The van der Waals surface area contributed by atoms with Crippen molar-refractivity contribution in [2.45, 2.75) is 52.3 Å². The van der Waals surface area contributed by atoms with E-state index in [1.807, 2.05) is 17.9 Å². The Bertz CT molecular complexity index is 1090. The number of amides is 2. The average Bonchev–Trinajstić information content (AvgIpc) is 3.33. The van der Waals surface area contributed by atoms with E-state index in [2.05, 4.69) is 22.1 Å². The number of benzene rings is 1. The predicted octanol–water partition coefficient (Wildman–Crippen LogP) is 3.95. The van der Waals surface area contributed by atoms with Crippen LogP contribution in [-0.4, -0.2) is 65.0 Å². The minimum Gasteiger partial charge on any atom is -0.368 e. The Kier molecular flexibility index (Phi) is 7.50. The van der Waals surface area contributed by atoms with Crippen molar-refractivity contribution in [3.05, 3.63) is 57.6 Å². The van der Waals surface area contributed by atoms with Crippen LogP contribution in [0.1, 0.15) is 46.9 Å². The lowest BCUT2D eigenvalue weighted by molar-refractivity contribution is -0.145. The molecule has 2 aliphatic heterocycles. The van der Waals surface area contributed by atoms with Gasteiger partial charge in [-0.25, -0.2) is 4.39 Å². The largest absolute Gasteiger partial charge is 0.368 e. The zero-order valence-corrected chi connectivity index (χ0v) is 20.5. The average molecular weight is 489 g/mol. The molecule has 2 aromatic rings. The van der Waals surface area contributed by atoms with Crippen molar-refractivity contribution in [2.24, 2.45) is 0 Å². The molecule has 3 heterocycles. The third kappa shape index (κ3) is 5.40. The van der Waals surface area contributed by atoms with E-state index in [9.17, 15) is 14.0 Å². The molecule has 0 saturated carbocycles. The first-order valence-electron chi connectivity index (χ1n) is 11.6. The lowest BCUT2D eigenvalue weighted by atomic mass is 10.0. The van der Waals surface area contributed by atoms with Gasteiger partial charge in [-0.15, -0.1) is 0 Å². The maximum atomic E-state index is 13.8. The Labute approximate surface area is 204 Å². The standard InChI is InChI=1S/C25H30ClFN4O3/c1-15-13-30(6-7-31(15)25(33)23-5-4-8-34-23)14-19-9-20(26)11-22(16(19)2)29-24(32)18-10-21(27)17(3)28-12-18/h9-12,15,23H,4-8,13-14H2,1-3H3,(H,29,32)/t15-,23?/m0/s1. The van der Waals surface area contributed by atoms with E-state index in [-0.39, 0.29) is 29.3 Å². The maximum absolute atomic E-state index is 13.8. The van der Waals surface area contributed by atoms with Crippen LogP contribution in [0, 0.1) is 19.7 Å². The molecule has 7 nitrogen and oxygen atoms in total. The van der Waals surface area contributed by atoms with Crippen LogP contribution < -0.4 is 5.32 Å². The molecule has 1 aromatic heterocycles. The van der Waals surface area contributed by atoms with Gasteiger partial charge >= 0.3 is 0 Å². The smallest absolute Gasteiger partial charge is 0.257 e. The van der Waals surface area contributed by atoms with Gasteiger partial charge in [0.2, 0.25) is 0 Å². The van der Waals surface area contributed by atoms with E-state index in [1.165, 1.54) is 12.3 Å². The molecule has 2 amide bonds. The predicted molar refractivity (Wildman–Crippen MR) is 129 cm³/mol. The van der Waals surface area contributed by atoms with E-state index in [0.29, 0.717) is 30.4 Å². The summed E-state index contributed by atoms with van der Waals surface area (Å²) >= 11 is 6.37. The lowest BCUT2D eigenvalue weighted by Crippen LogP contribution is -2.55. The summed E-state index contributed by atoms with van der Waals surface area (Å²) in [6, 6.07) is 4.84. The fraction of sp³-hybridized carbons (Fsp3) is 0.480. The van der Waals surface area contributed by atoms with Gasteiger partial charge in [-0.3, -0.25) is 19.5 Å². The van der Waals surface area contributed by atoms with Crippen LogP contribution in [0.25, 0.3) is 0 Å². The monoisotopic (exact) mass is 488 g/mol. The summed E-state index contributed by atoms with van der Waals surface area (Å²) in [7, 11) is 0. The zero-order valence-electron chi connectivity index (χ0n) is 19.7. The van der Waals surface area contributed by atoms with Gasteiger partial charge in [-0.2, -0.15) is 0 Å². The molecule has 0 bridgehead atoms. The van der Waals surface area contributed by atoms with Crippen LogP contribution in [0.2, 0.25) is 5.02 Å². The number of aromatic nitrogens is 1. The van der Waals surface area contributed by atoms with Gasteiger partial charge in [0.15, 0.2) is 0 Å².